The van der Waals surface area contributed by atoms with Crippen molar-refractivity contribution >= 4 is 17.2 Å². The van der Waals surface area contributed by atoms with Gasteiger partial charge in [-0.05, 0) is 31.2 Å². The van der Waals surface area contributed by atoms with Crippen molar-refractivity contribution < 1.29 is 19.2 Å². The van der Waals surface area contributed by atoms with Crippen molar-refractivity contribution in [3.05, 3.63) is 58.1 Å². The smallest absolute Gasteiger partial charge is 0.293 e. The molecule has 2 aromatic rings. The van der Waals surface area contributed by atoms with Gasteiger partial charge in [-0.25, -0.2) is 0 Å². The number of fused-ring (bicyclic) bond motifs is 1. The summed E-state index contributed by atoms with van der Waals surface area (Å²) in [6, 6.07) is 11.7. The van der Waals surface area contributed by atoms with Crippen LogP contribution in [0.2, 0.25) is 0 Å². The minimum absolute atomic E-state index is 0.139. The molecule has 1 atom stereocenters. The fourth-order valence-electron chi connectivity index (χ4n) is 2.44. The van der Waals surface area contributed by atoms with E-state index in [2.05, 4.69) is 5.32 Å². The number of anilines is 1. The number of hydrogen-bond donors (Lipinski definition) is 1. The van der Waals surface area contributed by atoms with E-state index in [1.807, 2.05) is 24.3 Å². The predicted molar refractivity (Wildman–Crippen MR) is 87.9 cm³/mol. The van der Waals surface area contributed by atoms with Crippen molar-refractivity contribution in [3.8, 4) is 11.5 Å². The quantitative estimate of drug-likeness (QED) is 0.515. The van der Waals surface area contributed by atoms with Crippen LogP contribution in [0.4, 0.5) is 11.4 Å². The van der Waals surface area contributed by atoms with Gasteiger partial charge in [0.25, 0.3) is 5.69 Å². The van der Waals surface area contributed by atoms with Gasteiger partial charge in [-0.1, -0.05) is 12.1 Å². The van der Waals surface area contributed by atoms with Gasteiger partial charge in [0.15, 0.2) is 17.3 Å². The molecule has 1 aliphatic heterocycles. The number of rotatable bonds is 5. The summed E-state index contributed by atoms with van der Waals surface area (Å²) in [4.78, 5) is 22.1. The molecule has 0 fully saturated rings. The van der Waals surface area contributed by atoms with Crippen molar-refractivity contribution in [2.45, 2.75) is 13.0 Å². The SMILES string of the molecule is CC(=O)c1ccc(NC[C@H]2COc3ccccc3O2)c([N+](=O)[O-])c1. The van der Waals surface area contributed by atoms with Crippen molar-refractivity contribution in [3.63, 3.8) is 0 Å². The highest BCUT2D eigenvalue weighted by atomic mass is 16.6. The van der Waals surface area contributed by atoms with Gasteiger partial charge in [-0.2, -0.15) is 0 Å². The number of Topliss-reactive ketones (excluding diaryl/α,β-unsaturated/α-hetero) is 1. The van der Waals surface area contributed by atoms with Crippen LogP contribution in [0.25, 0.3) is 0 Å². The van der Waals surface area contributed by atoms with Crippen LogP contribution in [0.3, 0.4) is 0 Å². The lowest BCUT2D eigenvalue weighted by atomic mass is 10.1. The highest BCUT2D eigenvalue weighted by Gasteiger charge is 2.22. The van der Waals surface area contributed by atoms with Gasteiger partial charge in [0, 0.05) is 11.6 Å². The van der Waals surface area contributed by atoms with Crippen LogP contribution in [-0.2, 0) is 0 Å². The summed E-state index contributed by atoms with van der Waals surface area (Å²) in [5, 5.41) is 14.2. The van der Waals surface area contributed by atoms with Crippen LogP contribution in [0.1, 0.15) is 17.3 Å². The third kappa shape index (κ3) is 3.29. The van der Waals surface area contributed by atoms with Crippen molar-refractivity contribution in [2.75, 3.05) is 18.5 Å². The second kappa shape index (κ2) is 6.57. The molecule has 0 bridgehead atoms. The highest BCUT2D eigenvalue weighted by Crippen LogP contribution is 2.31. The lowest BCUT2D eigenvalue weighted by Gasteiger charge is -2.26. The van der Waals surface area contributed by atoms with Crippen LogP contribution >= 0.6 is 0 Å². The van der Waals surface area contributed by atoms with Gasteiger partial charge in [0.2, 0.25) is 0 Å². The summed E-state index contributed by atoms with van der Waals surface area (Å²) in [5.74, 6) is 1.12. The first kappa shape index (κ1) is 15.8. The first-order valence-electron chi connectivity index (χ1n) is 7.46. The number of ketones is 1. The molecule has 24 heavy (non-hydrogen) atoms. The third-order valence-corrected chi connectivity index (χ3v) is 3.69. The average Bonchev–Trinajstić information content (AvgIpc) is 2.59. The Hall–Kier alpha value is -3.09. The Morgan fingerprint density at radius 1 is 1.29 bits per heavy atom. The number of nitro benzene ring substituents is 1. The summed E-state index contributed by atoms with van der Waals surface area (Å²) in [5.41, 5.74) is 0.505. The zero-order valence-electron chi connectivity index (χ0n) is 13.0. The van der Waals surface area contributed by atoms with Gasteiger partial charge < -0.3 is 14.8 Å². The molecule has 0 amide bonds. The lowest BCUT2D eigenvalue weighted by molar-refractivity contribution is -0.384. The molecule has 1 N–H and O–H groups in total. The molecule has 124 valence electrons. The number of carbonyl (C=O) groups excluding carboxylic acids is 1. The zero-order chi connectivity index (χ0) is 17.1. The monoisotopic (exact) mass is 328 g/mol. The van der Waals surface area contributed by atoms with Crippen LogP contribution < -0.4 is 14.8 Å². The van der Waals surface area contributed by atoms with Crippen LogP contribution in [-0.4, -0.2) is 30.0 Å². The molecule has 3 rings (SSSR count). The zero-order valence-corrected chi connectivity index (χ0v) is 13.0. The van der Waals surface area contributed by atoms with E-state index in [-0.39, 0.29) is 17.6 Å². The molecule has 2 aromatic carbocycles. The Labute approximate surface area is 138 Å². The number of carbonyl (C=O) groups is 1. The molecule has 7 nitrogen and oxygen atoms in total. The van der Waals surface area contributed by atoms with Gasteiger partial charge in [0.1, 0.15) is 18.4 Å². The summed E-state index contributed by atoms with van der Waals surface area (Å²) in [7, 11) is 0. The van der Waals surface area contributed by atoms with Gasteiger partial charge in [-0.3, -0.25) is 14.9 Å². The number of nitro groups is 1. The topological polar surface area (TPSA) is 90.7 Å². The fourth-order valence-corrected chi connectivity index (χ4v) is 2.44. The van der Waals surface area contributed by atoms with Gasteiger partial charge in [0.05, 0.1) is 11.5 Å². The number of para-hydroxylation sites is 2. The third-order valence-electron chi connectivity index (χ3n) is 3.69. The summed E-state index contributed by atoms with van der Waals surface area (Å²) in [6.07, 6.45) is -0.271. The van der Waals surface area contributed by atoms with Gasteiger partial charge in [-0.15, -0.1) is 0 Å². The van der Waals surface area contributed by atoms with Crippen LogP contribution in [0.5, 0.6) is 11.5 Å². The summed E-state index contributed by atoms with van der Waals surface area (Å²) in [6.45, 7) is 2.06. The number of hydrogen-bond acceptors (Lipinski definition) is 6. The predicted octanol–water partition coefficient (Wildman–Crippen LogP) is 3.05. The molecule has 7 heteroatoms. The maximum atomic E-state index is 11.4. The molecule has 0 aromatic heterocycles. The minimum Gasteiger partial charge on any atom is -0.486 e. The number of ether oxygens (including phenoxy) is 2. The number of benzene rings is 2. The van der Waals surface area contributed by atoms with E-state index in [0.717, 1.165) is 0 Å². The molecule has 1 aliphatic rings. The first-order chi connectivity index (χ1) is 11.5. The largest absolute Gasteiger partial charge is 0.486 e. The van der Waals surface area contributed by atoms with E-state index < -0.39 is 4.92 Å². The molecular weight excluding hydrogens is 312 g/mol. The minimum atomic E-state index is -0.512. The lowest BCUT2D eigenvalue weighted by Crippen LogP contribution is -2.35. The highest BCUT2D eigenvalue weighted by molar-refractivity contribution is 5.95. The maximum absolute atomic E-state index is 11.4. The van der Waals surface area contributed by atoms with Crippen LogP contribution in [0.15, 0.2) is 42.5 Å². The Bertz CT molecular complexity index is 790. The van der Waals surface area contributed by atoms with E-state index >= 15 is 0 Å². The first-order valence-corrected chi connectivity index (χ1v) is 7.46. The average molecular weight is 328 g/mol. The molecular formula is C17H16N2O5. The normalized spacial score (nSPS) is 15.6. The van der Waals surface area contributed by atoms with E-state index in [1.165, 1.54) is 19.1 Å². The van der Waals surface area contributed by atoms with Gasteiger partial charge >= 0.3 is 0 Å². The van der Waals surface area contributed by atoms with Crippen LogP contribution in [0, 0.1) is 10.1 Å². The number of nitrogens with zero attached hydrogens (tertiary/aromatic N) is 1. The van der Waals surface area contributed by atoms with Crippen molar-refractivity contribution in [1.82, 2.24) is 0 Å². The second-order valence-corrected chi connectivity index (χ2v) is 5.42. The van der Waals surface area contributed by atoms with E-state index in [4.69, 9.17) is 9.47 Å². The van der Waals surface area contributed by atoms with E-state index in [1.54, 1.807) is 6.07 Å². The summed E-state index contributed by atoms with van der Waals surface area (Å²) < 4.78 is 11.4. The Morgan fingerprint density at radius 2 is 2.04 bits per heavy atom. The number of nitrogens with one attached hydrogen (secondary N) is 1. The molecule has 0 aliphatic carbocycles. The molecule has 1 heterocycles. The Morgan fingerprint density at radius 3 is 2.75 bits per heavy atom. The van der Waals surface area contributed by atoms with E-state index in [0.29, 0.717) is 35.9 Å². The Balaban J connectivity index is 1.71. The van der Waals surface area contributed by atoms with Crippen molar-refractivity contribution in [2.24, 2.45) is 0 Å². The second-order valence-electron chi connectivity index (χ2n) is 5.42. The van der Waals surface area contributed by atoms with Crippen molar-refractivity contribution in [1.29, 1.82) is 0 Å². The fraction of sp³-hybridized carbons (Fsp3) is 0.235. The molecule has 0 spiro atoms. The maximum Gasteiger partial charge on any atom is 0.293 e. The molecule has 0 unspecified atom stereocenters. The molecule has 0 saturated carbocycles. The molecule has 0 saturated heterocycles. The summed E-state index contributed by atoms with van der Waals surface area (Å²) >= 11 is 0. The molecule has 0 radical (unpaired) electrons. The Kier molecular flexibility index (Phi) is 4.33. The standard InChI is InChI=1S/C17H16N2O5/c1-11(20)12-6-7-14(15(8-12)19(21)22)18-9-13-10-23-16-4-2-3-5-17(16)24-13/h2-8,13,18H,9-10H2,1H3/t13-/m0/s1. The van der Waals surface area contributed by atoms with E-state index in [9.17, 15) is 14.9 Å².